The highest BCUT2D eigenvalue weighted by molar-refractivity contribution is 5.74. The number of amides is 1. The van der Waals surface area contributed by atoms with Crippen molar-refractivity contribution in [1.29, 1.82) is 0 Å². The molecule has 0 aliphatic carbocycles. The van der Waals surface area contributed by atoms with Gasteiger partial charge in [0.05, 0.1) is 13.2 Å². The zero-order chi connectivity index (χ0) is 28.5. The summed E-state index contributed by atoms with van der Waals surface area (Å²) >= 11 is 0. The van der Waals surface area contributed by atoms with Crippen LogP contribution in [-0.4, -0.2) is 48.2 Å². The summed E-state index contributed by atoms with van der Waals surface area (Å²) < 4.78 is 9.79. The molecule has 0 aromatic heterocycles. The quantitative estimate of drug-likeness (QED) is 0.0695. The highest BCUT2D eigenvalue weighted by Crippen LogP contribution is 2.12. The van der Waals surface area contributed by atoms with Gasteiger partial charge in [0.1, 0.15) is 12.9 Å². The third kappa shape index (κ3) is 32.6. The van der Waals surface area contributed by atoms with E-state index in [-0.39, 0.29) is 37.9 Å². The molecular weight excluding hydrogens is 482 g/mol. The first-order chi connectivity index (χ1) is 18.5. The number of hydrogen-bond donors (Lipinski definition) is 3. The normalized spacial score (nSPS) is 9.39. The number of aliphatic hydroxyl groups is 2. The van der Waals surface area contributed by atoms with E-state index in [1.165, 1.54) is 64.7 Å². The number of esters is 1. The number of carbonyl (C=O) groups is 2. The van der Waals surface area contributed by atoms with Crippen LogP contribution in [0, 0.1) is 59.3 Å². The van der Waals surface area contributed by atoms with Crippen LogP contribution >= 0.6 is 0 Å². The molecule has 0 aliphatic rings. The van der Waals surface area contributed by atoms with Crippen molar-refractivity contribution in [3.8, 4) is 59.3 Å². The van der Waals surface area contributed by atoms with Crippen LogP contribution in [0.3, 0.4) is 0 Å². The van der Waals surface area contributed by atoms with Crippen LogP contribution in [0.25, 0.3) is 0 Å². The second-order valence-electron chi connectivity index (χ2n) is 8.14. The first-order valence-corrected chi connectivity index (χ1v) is 13.2. The van der Waals surface area contributed by atoms with Gasteiger partial charge in [-0.3, -0.25) is 14.9 Å². The standard InChI is InChI=1S/C18H36O5.C13H7NO.9H2/c1-2-3-4-5-6-7-8-9-10-11-12-13-18(21)23-17(14-19)15-22-16-20;1-3-4-5-6-7-8-9-10-11-12-14-13(2)15;;;;;;;;;/h17,19-20H,2-16H2,1H3;1-2H3,(H,14,15);9*1H/t17-;;;;;;;;;;/m1........../s1. The predicted molar refractivity (Wildman–Crippen MR) is 168 cm³/mol. The molecule has 7 heteroatoms. The topological polar surface area (TPSA) is 105 Å². The average Bonchev–Trinajstić information content (AvgIpc) is 2.91. The second-order valence-corrected chi connectivity index (χ2v) is 8.14. The molecule has 0 saturated heterocycles. The minimum Gasteiger partial charge on any atom is -0.457 e. The van der Waals surface area contributed by atoms with Crippen LogP contribution < -0.4 is 5.32 Å². The smallest absolute Gasteiger partial charge is 0.306 e. The number of aliphatic hydroxyl groups excluding tert-OH is 2. The minimum absolute atomic E-state index is 0. The van der Waals surface area contributed by atoms with Gasteiger partial charge in [-0.2, -0.15) is 0 Å². The summed E-state index contributed by atoms with van der Waals surface area (Å²) in [5.74, 6) is 21.8. The van der Waals surface area contributed by atoms with Crippen LogP contribution in [0.5, 0.6) is 0 Å². The van der Waals surface area contributed by atoms with Crippen LogP contribution in [0.4, 0.5) is 0 Å². The highest BCUT2D eigenvalue weighted by atomic mass is 16.6. The van der Waals surface area contributed by atoms with Crippen molar-refractivity contribution in [3.05, 3.63) is 0 Å². The van der Waals surface area contributed by atoms with Gasteiger partial charge in [0.2, 0.25) is 5.91 Å². The van der Waals surface area contributed by atoms with Crippen molar-refractivity contribution >= 4 is 11.9 Å². The third-order valence-electron chi connectivity index (χ3n) is 4.74. The van der Waals surface area contributed by atoms with Gasteiger partial charge in [-0.15, -0.1) is 0 Å². The highest BCUT2D eigenvalue weighted by Gasteiger charge is 2.13. The van der Waals surface area contributed by atoms with Gasteiger partial charge >= 0.3 is 5.97 Å². The van der Waals surface area contributed by atoms with E-state index in [1.807, 2.05) is 0 Å². The third-order valence-corrected chi connectivity index (χ3v) is 4.74. The Morgan fingerprint density at radius 1 is 0.789 bits per heavy atom. The van der Waals surface area contributed by atoms with E-state index in [4.69, 9.17) is 19.7 Å². The summed E-state index contributed by atoms with van der Waals surface area (Å²) in [5, 5.41) is 19.8. The zero-order valence-corrected chi connectivity index (χ0v) is 23.2. The lowest BCUT2D eigenvalue weighted by atomic mass is 10.1. The van der Waals surface area contributed by atoms with E-state index in [0.717, 1.165) is 12.8 Å². The van der Waals surface area contributed by atoms with Crippen molar-refractivity contribution in [2.45, 2.75) is 104 Å². The van der Waals surface area contributed by atoms with Crippen molar-refractivity contribution in [1.82, 2.24) is 5.32 Å². The number of unbranched alkanes of at least 4 members (excludes halogenated alkanes) is 10. The molecule has 0 aromatic carbocycles. The summed E-state index contributed by atoms with van der Waals surface area (Å²) in [6, 6.07) is 2.35. The molecule has 0 aliphatic heterocycles. The molecule has 38 heavy (non-hydrogen) atoms. The van der Waals surface area contributed by atoms with Crippen molar-refractivity contribution in [3.63, 3.8) is 0 Å². The molecule has 226 valence electrons. The predicted octanol–water partition coefficient (Wildman–Crippen LogP) is 5.89. The molecule has 1 amide bonds. The lowest BCUT2D eigenvalue weighted by Crippen LogP contribution is -2.27. The van der Waals surface area contributed by atoms with Crippen LogP contribution in [0.15, 0.2) is 0 Å². The summed E-state index contributed by atoms with van der Waals surface area (Å²) in [4.78, 5) is 21.9. The maximum Gasteiger partial charge on any atom is 0.306 e. The Hall–Kier alpha value is -3.38. The van der Waals surface area contributed by atoms with Crippen LogP contribution in [-0.2, 0) is 19.1 Å². The Bertz CT molecular complexity index is 965. The molecule has 0 saturated carbocycles. The number of rotatable bonds is 17. The molecule has 0 unspecified atom stereocenters. The molecule has 0 bridgehead atoms. The molecule has 0 rings (SSSR count). The molecule has 7 nitrogen and oxygen atoms in total. The molecule has 0 heterocycles. The van der Waals surface area contributed by atoms with Gasteiger partial charge < -0.3 is 19.7 Å². The fourth-order valence-electron chi connectivity index (χ4n) is 2.89. The first kappa shape index (κ1) is 36.8. The van der Waals surface area contributed by atoms with E-state index >= 15 is 0 Å². The van der Waals surface area contributed by atoms with E-state index in [9.17, 15) is 9.59 Å². The second kappa shape index (κ2) is 31.6. The molecular formula is C31H61NO6. The lowest BCUT2D eigenvalue weighted by molar-refractivity contribution is -0.157. The Labute approximate surface area is 243 Å². The Balaban J connectivity index is -0.0000000542. The summed E-state index contributed by atoms with van der Waals surface area (Å²) in [5.41, 5.74) is 0. The number of hydrogen-bond acceptors (Lipinski definition) is 6. The number of nitrogens with one attached hydrogen (secondary N) is 1. The van der Waals surface area contributed by atoms with Crippen LogP contribution in [0.1, 0.15) is 111 Å². The molecule has 3 N–H and O–H groups in total. The van der Waals surface area contributed by atoms with Gasteiger partial charge in [0.15, 0.2) is 0 Å². The largest absolute Gasteiger partial charge is 0.457 e. The number of carbonyl (C=O) groups excluding carboxylic acids is 2. The van der Waals surface area contributed by atoms with E-state index in [2.05, 4.69) is 71.6 Å². The molecule has 0 radical (unpaired) electrons. The Kier molecular flexibility index (Phi) is 30.6. The molecule has 0 aromatic rings. The Morgan fingerprint density at radius 3 is 1.76 bits per heavy atom. The summed E-state index contributed by atoms with van der Waals surface area (Å²) in [6.45, 7) is 4.60. The van der Waals surface area contributed by atoms with Crippen molar-refractivity contribution in [2.24, 2.45) is 0 Å². The minimum atomic E-state index is -0.678. The van der Waals surface area contributed by atoms with E-state index < -0.39 is 12.9 Å². The van der Waals surface area contributed by atoms with Gasteiger partial charge in [-0.1, -0.05) is 77.1 Å². The fourth-order valence-corrected chi connectivity index (χ4v) is 2.89. The van der Waals surface area contributed by atoms with Crippen molar-refractivity contribution in [2.75, 3.05) is 20.0 Å². The van der Waals surface area contributed by atoms with Gasteiger partial charge in [-0.25, -0.2) is 0 Å². The lowest BCUT2D eigenvalue weighted by Gasteiger charge is -2.14. The molecule has 1 atom stereocenters. The first-order valence-electron chi connectivity index (χ1n) is 13.2. The van der Waals surface area contributed by atoms with Gasteiger partial charge in [0, 0.05) is 55.9 Å². The molecule has 0 spiro atoms. The monoisotopic (exact) mass is 543 g/mol. The van der Waals surface area contributed by atoms with Crippen LogP contribution in [0.2, 0.25) is 0 Å². The van der Waals surface area contributed by atoms with Gasteiger partial charge in [0.25, 0.3) is 0 Å². The number of ether oxygens (including phenoxy) is 2. The van der Waals surface area contributed by atoms with Crippen molar-refractivity contribution < 1.29 is 42.1 Å². The maximum absolute atomic E-state index is 11.6. The summed E-state index contributed by atoms with van der Waals surface area (Å²) in [6.07, 6.45) is 13.4. The van der Waals surface area contributed by atoms with E-state index in [1.54, 1.807) is 6.92 Å². The van der Waals surface area contributed by atoms with E-state index in [0.29, 0.717) is 6.42 Å². The molecule has 0 fully saturated rings. The SMILES string of the molecule is CC#CC#CC#CC#CC#CNC(C)=O.CCCCCCCCCCCCCC(=O)O[C@H](CO)COCO.[HH].[HH].[HH].[HH].[HH].[HH].[HH].[HH].[HH]. The average molecular weight is 544 g/mol. The zero-order valence-electron chi connectivity index (χ0n) is 23.2. The fraction of sp³-hybridized carbons (Fsp3) is 0.613. The summed E-state index contributed by atoms with van der Waals surface area (Å²) in [7, 11) is 0. The Morgan fingerprint density at radius 2 is 1.29 bits per heavy atom. The maximum atomic E-state index is 11.6. The van der Waals surface area contributed by atoms with Gasteiger partial charge in [-0.05, 0) is 37.0 Å².